The van der Waals surface area contributed by atoms with Gasteiger partial charge in [-0.15, -0.1) is 0 Å². The van der Waals surface area contributed by atoms with Gasteiger partial charge in [0.2, 0.25) is 5.91 Å². The second-order valence-electron chi connectivity index (χ2n) is 4.45. The number of hydrogen-bond donors (Lipinski definition) is 1. The lowest BCUT2D eigenvalue weighted by Crippen LogP contribution is -2.38. The standard InChI is InChI=1S/C12H16BrN3O/c1-16-6-2-3-9(8-16)12(17)15-11-7-10(13)4-5-14-11/h4-5,7,9H,2-3,6,8H2,1H3,(H,14,15,17). The van der Waals surface area contributed by atoms with Crippen molar-refractivity contribution in [3.8, 4) is 0 Å². The first-order chi connectivity index (χ1) is 8.15. The van der Waals surface area contributed by atoms with Crippen LogP contribution in [0.1, 0.15) is 12.8 Å². The summed E-state index contributed by atoms with van der Waals surface area (Å²) in [4.78, 5) is 18.3. The lowest BCUT2D eigenvalue weighted by atomic mass is 9.98. The Labute approximate surface area is 110 Å². The van der Waals surface area contributed by atoms with Crippen molar-refractivity contribution in [2.45, 2.75) is 12.8 Å². The van der Waals surface area contributed by atoms with Crippen molar-refractivity contribution in [1.29, 1.82) is 0 Å². The maximum absolute atomic E-state index is 12.0. The number of aromatic nitrogens is 1. The molecule has 1 aromatic heterocycles. The maximum Gasteiger partial charge on any atom is 0.229 e. The molecule has 0 aliphatic carbocycles. The SMILES string of the molecule is CN1CCCC(C(=O)Nc2cc(Br)ccn2)C1. The number of amides is 1. The number of piperidine rings is 1. The zero-order chi connectivity index (χ0) is 12.3. The van der Waals surface area contributed by atoms with Crippen molar-refractivity contribution >= 4 is 27.7 Å². The Kier molecular flexibility index (Phi) is 4.12. The molecule has 0 radical (unpaired) electrons. The monoisotopic (exact) mass is 297 g/mol. The molecule has 0 bridgehead atoms. The summed E-state index contributed by atoms with van der Waals surface area (Å²) in [5, 5.41) is 2.87. The zero-order valence-corrected chi connectivity index (χ0v) is 11.4. The molecule has 17 heavy (non-hydrogen) atoms. The van der Waals surface area contributed by atoms with E-state index in [4.69, 9.17) is 0 Å². The number of likely N-dealkylation sites (tertiary alicyclic amines) is 1. The lowest BCUT2D eigenvalue weighted by Gasteiger charge is -2.28. The zero-order valence-electron chi connectivity index (χ0n) is 9.82. The number of anilines is 1. The van der Waals surface area contributed by atoms with Crippen LogP contribution in [0.15, 0.2) is 22.8 Å². The second-order valence-corrected chi connectivity index (χ2v) is 5.37. The van der Waals surface area contributed by atoms with Gasteiger partial charge in [-0.2, -0.15) is 0 Å². The number of carbonyl (C=O) groups excluding carboxylic acids is 1. The maximum atomic E-state index is 12.0. The normalized spacial score (nSPS) is 21.2. The van der Waals surface area contributed by atoms with Gasteiger partial charge in [-0.25, -0.2) is 4.98 Å². The van der Waals surface area contributed by atoms with Crippen LogP contribution in [0.5, 0.6) is 0 Å². The minimum atomic E-state index is 0.0714. The third-order valence-corrected chi connectivity index (χ3v) is 3.46. The molecule has 1 saturated heterocycles. The molecule has 1 amide bonds. The van der Waals surface area contributed by atoms with E-state index in [1.54, 1.807) is 6.20 Å². The Balaban J connectivity index is 1.96. The first-order valence-corrected chi connectivity index (χ1v) is 6.55. The molecule has 2 heterocycles. The Morgan fingerprint density at radius 2 is 2.47 bits per heavy atom. The Hall–Kier alpha value is -0.940. The van der Waals surface area contributed by atoms with Crippen LogP contribution < -0.4 is 5.32 Å². The summed E-state index contributed by atoms with van der Waals surface area (Å²) in [5.41, 5.74) is 0. The predicted octanol–water partition coefficient (Wildman–Crippen LogP) is 2.12. The van der Waals surface area contributed by atoms with E-state index < -0.39 is 0 Å². The quantitative estimate of drug-likeness (QED) is 0.909. The number of nitrogens with one attached hydrogen (secondary N) is 1. The van der Waals surface area contributed by atoms with E-state index in [0.717, 1.165) is 30.4 Å². The summed E-state index contributed by atoms with van der Waals surface area (Å²) in [6.07, 6.45) is 3.72. The van der Waals surface area contributed by atoms with E-state index in [1.165, 1.54) is 0 Å². The molecule has 1 aliphatic rings. The molecule has 4 nitrogen and oxygen atoms in total. The summed E-state index contributed by atoms with van der Waals surface area (Å²) in [7, 11) is 2.05. The van der Waals surface area contributed by atoms with E-state index in [2.05, 4.69) is 38.2 Å². The van der Waals surface area contributed by atoms with E-state index in [0.29, 0.717) is 5.82 Å². The Morgan fingerprint density at radius 3 is 3.18 bits per heavy atom. The highest BCUT2D eigenvalue weighted by atomic mass is 79.9. The molecule has 1 atom stereocenters. The van der Waals surface area contributed by atoms with Gasteiger partial charge in [0, 0.05) is 17.2 Å². The summed E-state index contributed by atoms with van der Waals surface area (Å²) >= 11 is 3.36. The van der Waals surface area contributed by atoms with Crippen LogP contribution in [0.3, 0.4) is 0 Å². The topological polar surface area (TPSA) is 45.2 Å². The van der Waals surface area contributed by atoms with Gasteiger partial charge in [0.1, 0.15) is 5.82 Å². The van der Waals surface area contributed by atoms with Gasteiger partial charge < -0.3 is 10.2 Å². The molecule has 5 heteroatoms. The molecule has 0 spiro atoms. The van der Waals surface area contributed by atoms with Crippen molar-refractivity contribution in [1.82, 2.24) is 9.88 Å². The summed E-state index contributed by atoms with van der Waals surface area (Å²) in [5.74, 6) is 0.759. The van der Waals surface area contributed by atoms with Gasteiger partial charge in [-0.05, 0) is 38.6 Å². The van der Waals surface area contributed by atoms with Crippen molar-refractivity contribution < 1.29 is 4.79 Å². The number of pyridine rings is 1. The minimum Gasteiger partial charge on any atom is -0.310 e. The highest BCUT2D eigenvalue weighted by molar-refractivity contribution is 9.10. The van der Waals surface area contributed by atoms with Gasteiger partial charge >= 0.3 is 0 Å². The highest BCUT2D eigenvalue weighted by Crippen LogP contribution is 2.18. The van der Waals surface area contributed by atoms with Crippen LogP contribution in [-0.4, -0.2) is 35.9 Å². The molecule has 1 aliphatic heterocycles. The van der Waals surface area contributed by atoms with Crippen molar-refractivity contribution in [2.75, 3.05) is 25.5 Å². The summed E-state index contributed by atoms with van der Waals surface area (Å²) in [6.45, 7) is 1.92. The molecule has 1 unspecified atom stereocenters. The van der Waals surface area contributed by atoms with Gasteiger partial charge in [-0.3, -0.25) is 4.79 Å². The number of rotatable bonds is 2. The number of carbonyl (C=O) groups is 1. The summed E-state index contributed by atoms with van der Waals surface area (Å²) in [6, 6.07) is 3.65. The molecular formula is C12H16BrN3O. The van der Waals surface area contributed by atoms with Crippen LogP contribution in [-0.2, 0) is 4.79 Å². The van der Waals surface area contributed by atoms with E-state index in [1.807, 2.05) is 12.1 Å². The number of nitrogens with zero attached hydrogens (tertiary/aromatic N) is 2. The van der Waals surface area contributed by atoms with Crippen LogP contribution in [0, 0.1) is 5.92 Å². The van der Waals surface area contributed by atoms with Gasteiger partial charge in [-0.1, -0.05) is 15.9 Å². The Bertz CT molecular complexity index is 410. The van der Waals surface area contributed by atoms with Crippen molar-refractivity contribution in [3.05, 3.63) is 22.8 Å². The molecule has 0 saturated carbocycles. The lowest BCUT2D eigenvalue weighted by molar-refractivity contribution is -0.121. The van der Waals surface area contributed by atoms with Gasteiger partial charge in [0.25, 0.3) is 0 Å². The number of halogens is 1. The minimum absolute atomic E-state index is 0.0714. The van der Waals surface area contributed by atoms with Crippen molar-refractivity contribution in [2.24, 2.45) is 5.92 Å². The molecule has 1 aromatic rings. The summed E-state index contributed by atoms with van der Waals surface area (Å²) < 4.78 is 0.920. The third-order valence-electron chi connectivity index (χ3n) is 2.97. The molecule has 92 valence electrons. The third kappa shape index (κ3) is 3.51. The first kappa shape index (κ1) is 12.5. The van der Waals surface area contributed by atoms with Crippen molar-refractivity contribution in [3.63, 3.8) is 0 Å². The van der Waals surface area contributed by atoms with Crippen LogP contribution in [0.2, 0.25) is 0 Å². The molecule has 2 rings (SSSR count). The fraction of sp³-hybridized carbons (Fsp3) is 0.500. The fourth-order valence-corrected chi connectivity index (χ4v) is 2.42. The molecule has 0 aromatic carbocycles. The van der Waals surface area contributed by atoms with Gasteiger partial charge in [0.05, 0.1) is 5.92 Å². The smallest absolute Gasteiger partial charge is 0.229 e. The number of hydrogen-bond acceptors (Lipinski definition) is 3. The van der Waals surface area contributed by atoms with E-state index in [-0.39, 0.29) is 11.8 Å². The molecule has 1 fully saturated rings. The van der Waals surface area contributed by atoms with E-state index in [9.17, 15) is 4.79 Å². The molecular weight excluding hydrogens is 282 g/mol. The average Bonchev–Trinajstić information content (AvgIpc) is 2.29. The van der Waals surface area contributed by atoms with Crippen LogP contribution in [0.25, 0.3) is 0 Å². The highest BCUT2D eigenvalue weighted by Gasteiger charge is 2.24. The first-order valence-electron chi connectivity index (χ1n) is 5.76. The molecule has 1 N–H and O–H groups in total. The predicted molar refractivity (Wildman–Crippen MR) is 70.8 cm³/mol. The second kappa shape index (κ2) is 5.60. The van der Waals surface area contributed by atoms with E-state index >= 15 is 0 Å². The van der Waals surface area contributed by atoms with Crippen LogP contribution >= 0.6 is 15.9 Å². The van der Waals surface area contributed by atoms with Gasteiger partial charge in [0.15, 0.2) is 0 Å². The largest absolute Gasteiger partial charge is 0.310 e. The average molecular weight is 298 g/mol. The Morgan fingerprint density at radius 1 is 1.65 bits per heavy atom. The fourth-order valence-electron chi connectivity index (χ4n) is 2.08. The van der Waals surface area contributed by atoms with Crippen LogP contribution in [0.4, 0.5) is 5.82 Å².